The molecule has 7 heteroatoms. The highest BCUT2D eigenvalue weighted by molar-refractivity contribution is 7.16. The Kier molecular flexibility index (Phi) is 4.21. The van der Waals surface area contributed by atoms with Gasteiger partial charge < -0.3 is 21.0 Å². The zero-order valence-electron chi connectivity index (χ0n) is 13.5. The number of hydrogen-bond donors (Lipinski definition) is 2. The summed E-state index contributed by atoms with van der Waals surface area (Å²) < 4.78 is 0. The number of allylic oxidation sites excluding steroid dienone is 2. The highest BCUT2D eigenvalue weighted by Gasteiger charge is 2.48. The summed E-state index contributed by atoms with van der Waals surface area (Å²) in [6.07, 6.45) is 5.05. The molecule has 2 amide bonds. The van der Waals surface area contributed by atoms with Gasteiger partial charge in [-0.2, -0.15) is 0 Å². The summed E-state index contributed by atoms with van der Waals surface area (Å²) >= 11 is 1.30. The highest BCUT2D eigenvalue weighted by Crippen LogP contribution is 2.48. The Balaban J connectivity index is 1.89. The van der Waals surface area contributed by atoms with Crippen molar-refractivity contribution in [3.8, 4) is 0 Å². The topological polar surface area (TPSA) is 112 Å². The minimum absolute atomic E-state index is 0.0957. The maximum atomic E-state index is 12.7. The van der Waals surface area contributed by atoms with E-state index < -0.39 is 23.7 Å². The molecule has 3 N–H and O–H groups in total. The molecule has 24 heavy (non-hydrogen) atoms. The molecular formula is C17H19N2O4S-. The fourth-order valence-corrected chi connectivity index (χ4v) is 5.20. The number of aryl methyl sites for hydroxylation is 1. The van der Waals surface area contributed by atoms with Crippen molar-refractivity contribution in [3.63, 3.8) is 0 Å². The van der Waals surface area contributed by atoms with Crippen LogP contribution in [0.2, 0.25) is 0 Å². The molecule has 0 aromatic carbocycles. The number of aliphatic carboxylic acids is 1. The number of anilines is 1. The molecule has 0 aliphatic heterocycles. The van der Waals surface area contributed by atoms with E-state index in [0.29, 0.717) is 23.4 Å². The standard InChI is InChI=1S/C17H20N2O4S/c1-3-10-7(2)24-16(13(10)14(18)20)19-15(21)11-8-4-5-9(6-8)12(11)17(22)23/h4-5,8-9,11-12H,3,6H2,1-2H3,(H2,18,20)(H,19,21)(H,22,23)/p-1/t8-,9+,11+,12+/m1/s1. The summed E-state index contributed by atoms with van der Waals surface area (Å²) in [5.74, 6) is -3.90. The number of hydrogen-bond acceptors (Lipinski definition) is 5. The summed E-state index contributed by atoms with van der Waals surface area (Å²) in [5, 5.41) is 14.6. The van der Waals surface area contributed by atoms with Crippen molar-refractivity contribution in [1.29, 1.82) is 0 Å². The third kappa shape index (κ3) is 2.53. The Morgan fingerprint density at radius 1 is 1.29 bits per heavy atom. The lowest BCUT2D eigenvalue weighted by Gasteiger charge is -2.27. The molecule has 3 rings (SSSR count). The summed E-state index contributed by atoms with van der Waals surface area (Å²) in [6, 6.07) is 0. The van der Waals surface area contributed by atoms with Crippen LogP contribution in [0.1, 0.15) is 34.1 Å². The first-order valence-corrected chi connectivity index (χ1v) is 8.78. The summed E-state index contributed by atoms with van der Waals surface area (Å²) in [6.45, 7) is 3.79. The monoisotopic (exact) mass is 347 g/mol. The van der Waals surface area contributed by atoms with Gasteiger partial charge in [-0.25, -0.2) is 0 Å². The van der Waals surface area contributed by atoms with Gasteiger partial charge in [-0.15, -0.1) is 11.3 Å². The molecular weight excluding hydrogens is 328 g/mol. The average Bonchev–Trinajstić information content (AvgIpc) is 3.18. The fraction of sp³-hybridized carbons (Fsp3) is 0.471. The number of amides is 2. The molecule has 1 heterocycles. The van der Waals surface area contributed by atoms with E-state index in [1.54, 1.807) is 0 Å². The number of nitrogens with one attached hydrogen (secondary N) is 1. The number of primary amides is 1. The van der Waals surface area contributed by atoms with Gasteiger partial charge in [0.15, 0.2) is 0 Å². The molecule has 0 radical (unpaired) electrons. The van der Waals surface area contributed by atoms with Gasteiger partial charge in [0.05, 0.1) is 11.5 Å². The molecule has 2 bridgehead atoms. The molecule has 4 atom stereocenters. The number of carboxylic acids is 1. The molecule has 2 aliphatic rings. The predicted molar refractivity (Wildman–Crippen MR) is 88.3 cm³/mol. The Labute approximate surface area is 143 Å². The lowest BCUT2D eigenvalue weighted by Crippen LogP contribution is -2.43. The zero-order chi connectivity index (χ0) is 17.6. The third-order valence-corrected chi connectivity index (χ3v) is 6.14. The van der Waals surface area contributed by atoms with Crippen LogP contribution in [-0.4, -0.2) is 17.8 Å². The van der Waals surface area contributed by atoms with Crippen LogP contribution >= 0.6 is 11.3 Å². The van der Waals surface area contributed by atoms with Crippen molar-refractivity contribution in [2.45, 2.75) is 26.7 Å². The fourth-order valence-electron chi connectivity index (χ4n) is 4.05. The molecule has 0 saturated heterocycles. The number of rotatable bonds is 5. The van der Waals surface area contributed by atoms with Gasteiger partial charge in [0, 0.05) is 16.8 Å². The van der Waals surface area contributed by atoms with E-state index in [1.807, 2.05) is 26.0 Å². The highest BCUT2D eigenvalue weighted by atomic mass is 32.1. The minimum Gasteiger partial charge on any atom is -0.550 e. The number of thiophene rings is 1. The van der Waals surface area contributed by atoms with E-state index in [4.69, 9.17) is 5.73 Å². The Morgan fingerprint density at radius 2 is 1.92 bits per heavy atom. The summed E-state index contributed by atoms with van der Waals surface area (Å²) in [4.78, 5) is 36.9. The average molecular weight is 347 g/mol. The molecule has 128 valence electrons. The molecule has 1 aromatic rings. The van der Waals surface area contributed by atoms with E-state index in [0.717, 1.165) is 10.4 Å². The second-order valence-corrected chi connectivity index (χ2v) is 7.59. The van der Waals surface area contributed by atoms with Gasteiger partial charge in [0.25, 0.3) is 5.91 Å². The van der Waals surface area contributed by atoms with Gasteiger partial charge >= 0.3 is 0 Å². The molecule has 1 fully saturated rings. The molecule has 0 spiro atoms. The van der Waals surface area contributed by atoms with Crippen LogP contribution in [0.25, 0.3) is 0 Å². The first kappa shape index (κ1) is 16.7. The van der Waals surface area contributed by atoms with Gasteiger partial charge in [0.1, 0.15) is 5.00 Å². The van der Waals surface area contributed by atoms with Crippen LogP contribution in [0, 0.1) is 30.6 Å². The maximum Gasteiger partial charge on any atom is 0.251 e. The molecule has 2 aliphatic carbocycles. The number of fused-ring (bicyclic) bond motifs is 2. The predicted octanol–water partition coefficient (Wildman–Crippen LogP) is 0.845. The van der Waals surface area contributed by atoms with Crippen LogP contribution < -0.4 is 16.2 Å². The van der Waals surface area contributed by atoms with E-state index >= 15 is 0 Å². The van der Waals surface area contributed by atoms with E-state index in [1.165, 1.54) is 11.3 Å². The normalized spacial score (nSPS) is 27.4. The van der Waals surface area contributed by atoms with E-state index in [2.05, 4.69) is 5.32 Å². The number of carbonyl (C=O) groups is 3. The molecule has 6 nitrogen and oxygen atoms in total. The van der Waals surface area contributed by atoms with Crippen LogP contribution in [-0.2, 0) is 16.0 Å². The third-order valence-electron chi connectivity index (χ3n) is 5.08. The number of carboxylic acid groups (broad SMARTS) is 1. The summed E-state index contributed by atoms with van der Waals surface area (Å²) in [5.41, 5.74) is 6.63. The van der Waals surface area contributed by atoms with Crippen molar-refractivity contribution in [2.75, 3.05) is 5.32 Å². The second-order valence-electron chi connectivity index (χ2n) is 6.37. The van der Waals surface area contributed by atoms with Crippen LogP contribution in [0.15, 0.2) is 12.2 Å². The van der Waals surface area contributed by atoms with E-state index in [9.17, 15) is 19.5 Å². The van der Waals surface area contributed by atoms with Crippen LogP contribution in [0.5, 0.6) is 0 Å². The van der Waals surface area contributed by atoms with Gasteiger partial charge in [0.2, 0.25) is 5.91 Å². The summed E-state index contributed by atoms with van der Waals surface area (Å²) in [7, 11) is 0. The zero-order valence-corrected chi connectivity index (χ0v) is 14.3. The van der Waals surface area contributed by atoms with Crippen LogP contribution in [0.3, 0.4) is 0 Å². The van der Waals surface area contributed by atoms with Crippen molar-refractivity contribution in [2.24, 2.45) is 29.4 Å². The maximum absolute atomic E-state index is 12.7. The lowest BCUT2D eigenvalue weighted by molar-refractivity contribution is -0.313. The molecule has 1 aromatic heterocycles. The molecule has 0 unspecified atom stereocenters. The second kappa shape index (κ2) is 6.05. The number of carbonyl (C=O) groups excluding carboxylic acids is 3. The SMILES string of the molecule is CCc1c(C)sc(NC(=O)[C@@H]2[C@@H](C(=O)[O-])[C@H]3C=C[C@@H]2C3)c1C(N)=O. The largest absolute Gasteiger partial charge is 0.550 e. The van der Waals surface area contributed by atoms with Crippen molar-refractivity contribution in [3.05, 3.63) is 28.2 Å². The lowest BCUT2D eigenvalue weighted by atomic mass is 9.82. The van der Waals surface area contributed by atoms with Crippen molar-refractivity contribution in [1.82, 2.24) is 0 Å². The Bertz CT molecular complexity index is 752. The van der Waals surface area contributed by atoms with Crippen molar-refractivity contribution >= 4 is 34.1 Å². The van der Waals surface area contributed by atoms with E-state index in [-0.39, 0.29) is 17.7 Å². The number of nitrogens with two attached hydrogens (primary N) is 1. The van der Waals surface area contributed by atoms with Crippen LogP contribution in [0.4, 0.5) is 5.00 Å². The van der Waals surface area contributed by atoms with Gasteiger partial charge in [-0.3, -0.25) is 9.59 Å². The first-order chi connectivity index (χ1) is 11.3. The van der Waals surface area contributed by atoms with Crippen molar-refractivity contribution < 1.29 is 19.5 Å². The smallest absolute Gasteiger partial charge is 0.251 e. The van der Waals surface area contributed by atoms with Gasteiger partial charge in [-0.05, 0) is 37.2 Å². The quantitative estimate of drug-likeness (QED) is 0.769. The van der Waals surface area contributed by atoms with Gasteiger partial charge in [-0.1, -0.05) is 19.1 Å². The first-order valence-electron chi connectivity index (χ1n) is 7.97. The Morgan fingerprint density at radius 3 is 2.46 bits per heavy atom. The Hall–Kier alpha value is -2.15. The molecule has 1 saturated carbocycles. The minimum atomic E-state index is -1.20.